The molecule has 1 heterocycles. The molecule has 26 heavy (non-hydrogen) atoms. The standard InChI is InChI=1S/C17H14F6N2O/c18-16(19,20)11-4-2-5-12(17(21,22)23)14(11)10-3-1-6-13-15(10)26-9(7-24)8-25-13/h1-6,9,25H,7-8,24H2/t9-/m1/s1. The van der Waals surface area contributed by atoms with Crippen molar-refractivity contribution in [2.24, 2.45) is 5.73 Å². The quantitative estimate of drug-likeness (QED) is 0.758. The fraction of sp³-hybridized carbons (Fsp3) is 0.294. The number of nitrogens with two attached hydrogens (primary N) is 1. The van der Waals surface area contributed by atoms with Crippen LogP contribution in [0.2, 0.25) is 0 Å². The average molecular weight is 376 g/mol. The lowest BCUT2D eigenvalue weighted by atomic mass is 9.92. The summed E-state index contributed by atoms with van der Waals surface area (Å²) in [5.74, 6) is -0.0728. The summed E-state index contributed by atoms with van der Waals surface area (Å²) in [7, 11) is 0. The van der Waals surface area contributed by atoms with Gasteiger partial charge in [-0.2, -0.15) is 26.3 Å². The number of anilines is 1. The lowest BCUT2D eigenvalue weighted by Crippen LogP contribution is -2.37. The van der Waals surface area contributed by atoms with Gasteiger partial charge < -0.3 is 15.8 Å². The Kier molecular flexibility index (Phi) is 4.51. The van der Waals surface area contributed by atoms with E-state index < -0.39 is 35.1 Å². The van der Waals surface area contributed by atoms with Crippen molar-refractivity contribution in [3.63, 3.8) is 0 Å². The lowest BCUT2D eigenvalue weighted by Gasteiger charge is -2.29. The zero-order chi connectivity index (χ0) is 19.1. The molecule has 0 saturated carbocycles. The molecule has 1 aliphatic rings. The largest absolute Gasteiger partial charge is 0.484 e. The molecule has 0 bridgehead atoms. The molecule has 0 spiro atoms. The van der Waals surface area contributed by atoms with Crippen LogP contribution in [0.5, 0.6) is 5.75 Å². The Balaban J connectivity index is 2.31. The van der Waals surface area contributed by atoms with E-state index in [4.69, 9.17) is 10.5 Å². The summed E-state index contributed by atoms with van der Waals surface area (Å²) in [6, 6.07) is 6.07. The number of ether oxygens (including phenoxy) is 1. The number of para-hydroxylation sites is 1. The molecule has 2 aromatic rings. The molecule has 0 amide bonds. The van der Waals surface area contributed by atoms with Crippen LogP contribution in [-0.4, -0.2) is 19.2 Å². The number of benzene rings is 2. The Bertz CT molecular complexity index is 784. The minimum absolute atomic E-state index is 0.0633. The first-order valence-electron chi connectivity index (χ1n) is 7.64. The maximum absolute atomic E-state index is 13.4. The van der Waals surface area contributed by atoms with E-state index >= 15 is 0 Å². The van der Waals surface area contributed by atoms with Gasteiger partial charge in [-0.3, -0.25) is 0 Å². The van der Waals surface area contributed by atoms with Crippen molar-refractivity contribution in [1.82, 2.24) is 0 Å². The van der Waals surface area contributed by atoms with Gasteiger partial charge in [0.05, 0.1) is 23.4 Å². The van der Waals surface area contributed by atoms with Crippen molar-refractivity contribution in [2.45, 2.75) is 18.5 Å². The number of hydrogen-bond acceptors (Lipinski definition) is 3. The predicted molar refractivity (Wildman–Crippen MR) is 83.8 cm³/mol. The molecule has 140 valence electrons. The number of halogens is 6. The zero-order valence-corrected chi connectivity index (χ0v) is 13.2. The molecular weight excluding hydrogens is 362 g/mol. The second-order valence-electron chi connectivity index (χ2n) is 5.76. The first kappa shape index (κ1) is 18.4. The van der Waals surface area contributed by atoms with Crippen LogP contribution >= 0.6 is 0 Å². The van der Waals surface area contributed by atoms with Crippen LogP contribution in [0.3, 0.4) is 0 Å². The normalized spacial score (nSPS) is 17.3. The number of nitrogens with one attached hydrogen (secondary N) is 1. The first-order valence-corrected chi connectivity index (χ1v) is 7.64. The van der Waals surface area contributed by atoms with Crippen LogP contribution in [0.1, 0.15) is 11.1 Å². The Morgan fingerprint density at radius 1 is 0.962 bits per heavy atom. The van der Waals surface area contributed by atoms with Crippen molar-refractivity contribution in [3.05, 3.63) is 47.5 Å². The van der Waals surface area contributed by atoms with Crippen molar-refractivity contribution in [2.75, 3.05) is 18.4 Å². The van der Waals surface area contributed by atoms with Gasteiger partial charge in [0, 0.05) is 17.7 Å². The van der Waals surface area contributed by atoms with Gasteiger partial charge in [0.2, 0.25) is 0 Å². The monoisotopic (exact) mass is 376 g/mol. The maximum Gasteiger partial charge on any atom is 0.417 e. The molecular formula is C17H14F6N2O. The smallest absolute Gasteiger partial charge is 0.417 e. The minimum atomic E-state index is -4.96. The zero-order valence-electron chi connectivity index (χ0n) is 13.2. The first-order chi connectivity index (χ1) is 12.1. The van der Waals surface area contributed by atoms with Gasteiger partial charge in [-0.15, -0.1) is 0 Å². The molecule has 1 aliphatic heterocycles. The lowest BCUT2D eigenvalue weighted by molar-refractivity contribution is -0.142. The van der Waals surface area contributed by atoms with Crippen molar-refractivity contribution < 1.29 is 31.1 Å². The van der Waals surface area contributed by atoms with E-state index in [1.807, 2.05) is 0 Å². The van der Waals surface area contributed by atoms with Crippen LogP contribution in [0.15, 0.2) is 36.4 Å². The molecule has 0 saturated heterocycles. The van der Waals surface area contributed by atoms with Crippen molar-refractivity contribution >= 4 is 5.69 Å². The highest BCUT2D eigenvalue weighted by atomic mass is 19.4. The van der Waals surface area contributed by atoms with Crippen LogP contribution in [0.25, 0.3) is 11.1 Å². The third kappa shape index (κ3) is 3.31. The van der Waals surface area contributed by atoms with E-state index in [0.717, 1.165) is 6.07 Å². The minimum Gasteiger partial charge on any atom is -0.484 e. The van der Waals surface area contributed by atoms with Crippen molar-refractivity contribution in [3.8, 4) is 16.9 Å². The topological polar surface area (TPSA) is 47.3 Å². The highest BCUT2D eigenvalue weighted by Gasteiger charge is 2.42. The summed E-state index contributed by atoms with van der Waals surface area (Å²) in [5, 5.41) is 2.92. The van der Waals surface area contributed by atoms with Gasteiger partial charge in [-0.05, 0) is 18.2 Å². The number of fused-ring (bicyclic) bond motifs is 1. The summed E-state index contributed by atoms with van der Waals surface area (Å²) < 4.78 is 86.2. The van der Waals surface area contributed by atoms with E-state index in [1.54, 1.807) is 0 Å². The fourth-order valence-corrected chi connectivity index (χ4v) is 2.88. The Morgan fingerprint density at radius 3 is 2.08 bits per heavy atom. The molecule has 9 heteroatoms. The third-order valence-corrected chi connectivity index (χ3v) is 4.03. The van der Waals surface area contributed by atoms with Crippen LogP contribution in [-0.2, 0) is 12.4 Å². The van der Waals surface area contributed by atoms with E-state index in [0.29, 0.717) is 24.4 Å². The second kappa shape index (κ2) is 6.39. The molecule has 0 unspecified atom stereocenters. The van der Waals surface area contributed by atoms with Crippen LogP contribution in [0.4, 0.5) is 32.0 Å². The summed E-state index contributed by atoms with van der Waals surface area (Å²) in [4.78, 5) is 0. The number of rotatable bonds is 2. The van der Waals surface area contributed by atoms with E-state index in [2.05, 4.69) is 5.32 Å². The van der Waals surface area contributed by atoms with Gasteiger partial charge in [0.1, 0.15) is 6.10 Å². The van der Waals surface area contributed by atoms with Crippen molar-refractivity contribution in [1.29, 1.82) is 0 Å². The predicted octanol–water partition coefficient (Wildman–Crippen LogP) is 4.52. The molecule has 3 rings (SSSR count). The highest BCUT2D eigenvalue weighted by molar-refractivity contribution is 5.83. The molecule has 1 atom stereocenters. The van der Waals surface area contributed by atoms with Gasteiger partial charge in [0.25, 0.3) is 0 Å². The molecule has 0 aromatic heterocycles. The molecule has 3 nitrogen and oxygen atoms in total. The number of alkyl halides is 6. The fourth-order valence-electron chi connectivity index (χ4n) is 2.88. The summed E-state index contributed by atoms with van der Waals surface area (Å²) in [6.07, 6.45) is -10.5. The van der Waals surface area contributed by atoms with Crippen LogP contribution in [0, 0.1) is 0 Å². The summed E-state index contributed by atoms with van der Waals surface area (Å²) in [5.41, 5.74) is 1.85. The van der Waals surface area contributed by atoms with E-state index in [9.17, 15) is 26.3 Å². The van der Waals surface area contributed by atoms with Gasteiger partial charge in [0.15, 0.2) is 5.75 Å². The second-order valence-corrected chi connectivity index (χ2v) is 5.76. The molecule has 2 aromatic carbocycles. The Labute approximate surface area is 144 Å². The Morgan fingerprint density at radius 2 is 1.54 bits per heavy atom. The van der Waals surface area contributed by atoms with E-state index in [1.165, 1.54) is 18.2 Å². The molecule has 0 fully saturated rings. The van der Waals surface area contributed by atoms with Gasteiger partial charge in [-0.1, -0.05) is 18.2 Å². The molecule has 0 aliphatic carbocycles. The SMILES string of the molecule is NC[C@@H]1CNc2cccc(-c3c(C(F)(F)F)cccc3C(F)(F)F)c2O1. The Hall–Kier alpha value is -2.42. The molecule has 0 radical (unpaired) electrons. The summed E-state index contributed by atoms with van der Waals surface area (Å²) in [6.45, 7) is 0.369. The highest BCUT2D eigenvalue weighted by Crippen LogP contribution is 2.49. The maximum atomic E-state index is 13.4. The summed E-state index contributed by atoms with van der Waals surface area (Å²) >= 11 is 0. The van der Waals surface area contributed by atoms with E-state index in [-0.39, 0.29) is 17.9 Å². The van der Waals surface area contributed by atoms with Crippen LogP contribution < -0.4 is 15.8 Å². The van der Waals surface area contributed by atoms with Gasteiger partial charge >= 0.3 is 12.4 Å². The third-order valence-electron chi connectivity index (χ3n) is 4.03. The number of hydrogen-bond donors (Lipinski definition) is 2. The average Bonchev–Trinajstić information content (AvgIpc) is 2.58. The van der Waals surface area contributed by atoms with Gasteiger partial charge in [-0.25, -0.2) is 0 Å². The molecule has 3 N–H and O–H groups in total.